The van der Waals surface area contributed by atoms with E-state index in [9.17, 15) is 30.7 Å². The molecule has 1 aliphatic carbocycles. The van der Waals surface area contributed by atoms with Crippen molar-refractivity contribution in [2.24, 2.45) is 0 Å². The van der Waals surface area contributed by atoms with Gasteiger partial charge in [0.2, 0.25) is 0 Å². The summed E-state index contributed by atoms with van der Waals surface area (Å²) in [6, 6.07) is 2.92. The van der Waals surface area contributed by atoms with Crippen LogP contribution in [0.2, 0.25) is 0 Å². The Bertz CT molecular complexity index is 685. The fourth-order valence-corrected chi connectivity index (χ4v) is 4.25. The van der Waals surface area contributed by atoms with E-state index in [2.05, 4.69) is 11.5 Å². The van der Waals surface area contributed by atoms with E-state index in [1.807, 2.05) is 6.92 Å². The van der Waals surface area contributed by atoms with Gasteiger partial charge >= 0.3 is 18.0 Å². The van der Waals surface area contributed by atoms with E-state index < -0.39 is 23.6 Å². The first-order chi connectivity index (χ1) is 12.9. The Kier molecular flexibility index (Phi) is 6.37. The minimum Gasteiger partial charge on any atom is -0.516 e. The third-order valence-electron chi connectivity index (χ3n) is 5.50. The Hall–Kier alpha value is -1.77. The molecule has 1 aromatic rings. The highest BCUT2D eigenvalue weighted by Gasteiger charge is 2.73. The molecule has 1 saturated heterocycles. The fraction of sp³-hybridized carbons (Fsp3) is 0.579. The molecular formula is C19H22F7NO. The van der Waals surface area contributed by atoms with Gasteiger partial charge < -0.3 is 10.0 Å². The normalized spacial score (nSPS) is 22.7. The number of hydrogen-bond donors (Lipinski definition) is 1. The van der Waals surface area contributed by atoms with Crippen molar-refractivity contribution in [2.45, 2.75) is 56.2 Å². The van der Waals surface area contributed by atoms with Crippen LogP contribution in [0.25, 0.3) is 0 Å². The molecule has 2 aliphatic rings. The molecule has 158 valence electrons. The predicted molar refractivity (Wildman–Crippen MR) is 90.9 cm³/mol. The summed E-state index contributed by atoms with van der Waals surface area (Å²) in [5.41, 5.74) is -5.58. The third kappa shape index (κ3) is 3.73. The minimum atomic E-state index is -6.07. The van der Waals surface area contributed by atoms with Gasteiger partial charge in [0.05, 0.1) is 6.26 Å². The van der Waals surface area contributed by atoms with Gasteiger partial charge in [-0.3, -0.25) is 0 Å². The van der Waals surface area contributed by atoms with Crippen LogP contribution in [-0.2, 0) is 12.1 Å². The number of aliphatic hydroxyl groups excluding tert-OH is 1. The molecule has 1 heterocycles. The van der Waals surface area contributed by atoms with Gasteiger partial charge in [0.15, 0.2) is 0 Å². The van der Waals surface area contributed by atoms with E-state index in [4.69, 9.17) is 5.11 Å². The summed E-state index contributed by atoms with van der Waals surface area (Å²) in [7, 11) is 0. The molecule has 28 heavy (non-hydrogen) atoms. The first-order valence-corrected chi connectivity index (χ1v) is 8.87. The molecular weight excluding hydrogens is 391 g/mol. The highest BCUT2D eigenvalue weighted by molar-refractivity contribution is 5.41. The van der Waals surface area contributed by atoms with Crippen molar-refractivity contribution in [3.63, 3.8) is 0 Å². The number of alkyl halides is 7. The first-order valence-electron chi connectivity index (χ1n) is 8.87. The van der Waals surface area contributed by atoms with Crippen molar-refractivity contribution in [1.82, 2.24) is 4.90 Å². The molecule has 1 N–H and O–H groups in total. The number of nitrogens with zero attached hydrogens (tertiary/aromatic N) is 1. The summed E-state index contributed by atoms with van der Waals surface area (Å²) < 4.78 is 91.8. The first kappa shape index (κ1) is 22.5. The molecule has 0 amide bonds. The standard InChI is InChI=1S/C17H18F7N.C2H4O/c1-2-25-8-7-13-12-5-4-11(9-10(12)3-6-14(13)25)15(18,16(19,20)21)17(22,23)24;1-2-3/h4-5,9,13-14H,2-3,6-8H2,1H3;2-3H,1H2. The number of fused-ring (bicyclic) bond motifs is 3. The maximum Gasteiger partial charge on any atom is 0.435 e. The summed E-state index contributed by atoms with van der Waals surface area (Å²) in [4.78, 5) is 2.27. The van der Waals surface area contributed by atoms with Crippen molar-refractivity contribution < 1.29 is 35.8 Å². The molecule has 9 heteroatoms. The van der Waals surface area contributed by atoms with E-state index in [1.54, 1.807) is 0 Å². The lowest BCUT2D eigenvalue weighted by molar-refractivity contribution is -0.348. The maximum absolute atomic E-state index is 14.2. The number of benzene rings is 1. The summed E-state index contributed by atoms with van der Waals surface area (Å²) >= 11 is 0. The average Bonchev–Trinajstić information content (AvgIpc) is 3.02. The summed E-state index contributed by atoms with van der Waals surface area (Å²) in [6.07, 6.45) is -9.56. The molecule has 1 aliphatic heterocycles. The second-order valence-electron chi connectivity index (χ2n) is 6.88. The quantitative estimate of drug-likeness (QED) is 0.490. The molecule has 0 radical (unpaired) electrons. The van der Waals surface area contributed by atoms with Gasteiger partial charge in [-0.1, -0.05) is 31.7 Å². The van der Waals surface area contributed by atoms with E-state index in [1.165, 1.54) is 6.07 Å². The van der Waals surface area contributed by atoms with Crippen molar-refractivity contribution in [3.8, 4) is 0 Å². The number of halogens is 7. The molecule has 0 saturated carbocycles. The smallest absolute Gasteiger partial charge is 0.435 e. The van der Waals surface area contributed by atoms with Crippen LogP contribution in [0.4, 0.5) is 30.7 Å². The molecule has 2 nitrogen and oxygen atoms in total. The highest BCUT2D eigenvalue weighted by atomic mass is 19.4. The van der Waals surface area contributed by atoms with Crippen molar-refractivity contribution in [3.05, 3.63) is 47.7 Å². The Balaban J connectivity index is 0.000000878. The van der Waals surface area contributed by atoms with Crippen LogP contribution in [0.1, 0.15) is 42.4 Å². The largest absolute Gasteiger partial charge is 0.516 e. The number of likely N-dealkylation sites (N-methyl/N-ethyl adjacent to an activating group) is 1. The lowest BCUT2D eigenvalue weighted by Gasteiger charge is -2.35. The van der Waals surface area contributed by atoms with Crippen LogP contribution in [0, 0.1) is 0 Å². The molecule has 1 aromatic carbocycles. The lowest BCUT2D eigenvalue weighted by Crippen LogP contribution is -2.50. The average molecular weight is 413 g/mol. The second-order valence-corrected chi connectivity index (χ2v) is 6.88. The molecule has 2 unspecified atom stereocenters. The third-order valence-corrected chi connectivity index (χ3v) is 5.50. The van der Waals surface area contributed by atoms with Crippen LogP contribution in [0.3, 0.4) is 0 Å². The molecule has 3 rings (SSSR count). The van der Waals surface area contributed by atoms with Gasteiger partial charge in [-0.15, -0.1) is 0 Å². The minimum absolute atomic E-state index is 0.0866. The Labute approximate surface area is 158 Å². The zero-order chi connectivity index (χ0) is 21.3. The summed E-state index contributed by atoms with van der Waals surface area (Å²) in [6.45, 7) is 6.64. The van der Waals surface area contributed by atoms with Crippen LogP contribution >= 0.6 is 0 Å². The number of aliphatic hydroxyl groups is 1. The monoisotopic (exact) mass is 413 g/mol. The fourth-order valence-electron chi connectivity index (χ4n) is 4.25. The van der Waals surface area contributed by atoms with E-state index in [-0.39, 0.29) is 12.0 Å². The Morgan fingerprint density at radius 2 is 1.68 bits per heavy atom. The Morgan fingerprint density at radius 3 is 2.18 bits per heavy atom. The van der Waals surface area contributed by atoms with Crippen LogP contribution in [0.5, 0.6) is 0 Å². The van der Waals surface area contributed by atoms with Crippen molar-refractivity contribution >= 4 is 0 Å². The number of rotatable bonds is 2. The zero-order valence-electron chi connectivity index (χ0n) is 15.2. The van der Waals surface area contributed by atoms with Gasteiger partial charge in [0.25, 0.3) is 0 Å². The second kappa shape index (κ2) is 7.93. The topological polar surface area (TPSA) is 23.5 Å². The molecule has 0 spiro atoms. The van der Waals surface area contributed by atoms with Gasteiger partial charge in [-0.2, -0.15) is 26.3 Å². The van der Waals surface area contributed by atoms with Crippen LogP contribution in [0.15, 0.2) is 31.0 Å². The van der Waals surface area contributed by atoms with Gasteiger partial charge in [-0.25, -0.2) is 4.39 Å². The number of aryl methyl sites for hydroxylation is 1. The predicted octanol–water partition coefficient (Wildman–Crippen LogP) is 5.79. The van der Waals surface area contributed by atoms with Crippen molar-refractivity contribution in [2.75, 3.05) is 13.1 Å². The molecule has 0 aromatic heterocycles. The summed E-state index contributed by atoms with van der Waals surface area (Å²) in [5, 5.41) is 7.33. The van der Waals surface area contributed by atoms with Gasteiger partial charge in [0.1, 0.15) is 0 Å². The van der Waals surface area contributed by atoms with Gasteiger partial charge in [0, 0.05) is 17.5 Å². The number of likely N-dealkylation sites (tertiary alicyclic amines) is 1. The zero-order valence-corrected chi connectivity index (χ0v) is 15.2. The highest BCUT2D eigenvalue weighted by Crippen LogP contribution is 2.54. The van der Waals surface area contributed by atoms with E-state index in [0.717, 1.165) is 37.4 Å². The number of hydrogen-bond acceptors (Lipinski definition) is 2. The van der Waals surface area contributed by atoms with Crippen LogP contribution < -0.4 is 0 Å². The van der Waals surface area contributed by atoms with Crippen LogP contribution in [-0.4, -0.2) is 41.5 Å². The summed E-state index contributed by atoms with van der Waals surface area (Å²) in [5.74, 6) is 0.0866. The van der Waals surface area contributed by atoms with Gasteiger partial charge in [-0.05, 0) is 43.5 Å². The maximum atomic E-state index is 14.2. The molecule has 1 fully saturated rings. The van der Waals surface area contributed by atoms with E-state index >= 15 is 0 Å². The Morgan fingerprint density at radius 1 is 1.11 bits per heavy atom. The lowest BCUT2D eigenvalue weighted by atomic mass is 9.77. The van der Waals surface area contributed by atoms with E-state index in [0.29, 0.717) is 24.5 Å². The molecule has 2 atom stereocenters. The molecule has 0 bridgehead atoms. The van der Waals surface area contributed by atoms with Crippen molar-refractivity contribution in [1.29, 1.82) is 0 Å². The SMILES string of the molecule is C=CO.CCN1CCC2c3ccc(C(F)(C(F)(F)F)C(F)(F)F)cc3CCC21.